The quantitative estimate of drug-likeness (QED) is 0.660. The first kappa shape index (κ1) is 16.7. The third kappa shape index (κ3) is 3.49. The maximum absolute atomic E-state index is 12.2. The first-order chi connectivity index (χ1) is 11.4. The van der Waals surface area contributed by atoms with Gasteiger partial charge in [0.05, 0.1) is 11.1 Å². The molecule has 0 aromatic carbocycles. The molecule has 0 bridgehead atoms. The van der Waals surface area contributed by atoms with E-state index in [1.807, 2.05) is 19.9 Å². The van der Waals surface area contributed by atoms with Crippen LogP contribution < -0.4 is 4.87 Å². The molecule has 0 aliphatic rings. The molecule has 0 saturated carbocycles. The highest BCUT2D eigenvalue weighted by Crippen LogP contribution is 2.22. The van der Waals surface area contributed by atoms with Gasteiger partial charge >= 0.3 is 10.8 Å². The summed E-state index contributed by atoms with van der Waals surface area (Å²) in [6.45, 7) is 3.96. The normalized spacial score (nSPS) is 11.2. The molecule has 0 spiro atoms. The van der Waals surface area contributed by atoms with Crippen LogP contribution in [0.5, 0.6) is 0 Å². The van der Waals surface area contributed by atoms with Gasteiger partial charge in [0.2, 0.25) is 5.89 Å². The number of rotatable bonds is 6. The molecule has 0 amide bonds. The number of aromatic nitrogens is 4. The van der Waals surface area contributed by atoms with Gasteiger partial charge < -0.3 is 9.52 Å². The van der Waals surface area contributed by atoms with Crippen LogP contribution in [0.4, 0.5) is 0 Å². The van der Waals surface area contributed by atoms with Gasteiger partial charge in [-0.3, -0.25) is 14.2 Å². The van der Waals surface area contributed by atoms with Crippen LogP contribution in [0.3, 0.4) is 0 Å². The Labute approximate surface area is 144 Å². The molecule has 24 heavy (non-hydrogen) atoms. The summed E-state index contributed by atoms with van der Waals surface area (Å²) in [5.41, 5.74) is 2.46. The lowest BCUT2D eigenvalue weighted by molar-refractivity contribution is -0.136. The van der Waals surface area contributed by atoms with E-state index in [0.717, 1.165) is 27.3 Å². The first-order valence-electron chi connectivity index (χ1n) is 7.08. The van der Waals surface area contributed by atoms with E-state index in [0.29, 0.717) is 16.6 Å². The summed E-state index contributed by atoms with van der Waals surface area (Å²) in [4.78, 5) is 27.0. The Morgan fingerprint density at radius 1 is 1.42 bits per heavy atom. The topological polar surface area (TPSA) is 111 Å². The molecule has 0 unspecified atom stereocenters. The summed E-state index contributed by atoms with van der Waals surface area (Å²) < 4.78 is 7.83. The molecule has 3 rings (SSSR count). The fourth-order valence-electron chi connectivity index (χ4n) is 2.20. The van der Waals surface area contributed by atoms with Gasteiger partial charge in [0.15, 0.2) is 5.65 Å². The lowest BCUT2D eigenvalue weighted by Crippen LogP contribution is -2.14. The van der Waals surface area contributed by atoms with Gasteiger partial charge in [0.25, 0.3) is 5.22 Å². The molecule has 1 N–H and O–H groups in total. The lowest BCUT2D eigenvalue weighted by Gasteiger charge is -2.01. The fourth-order valence-corrected chi connectivity index (χ4v) is 3.81. The zero-order valence-corrected chi connectivity index (χ0v) is 14.6. The second-order valence-electron chi connectivity index (χ2n) is 5.14. The Bertz CT molecular complexity index is 959. The van der Waals surface area contributed by atoms with E-state index in [1.165, 1.54) is 16.3 Å². The van der Waals surface area contributed by atoms with Crippen molar-refractivity contribution in [3.8, 4) is 0 Å². The predicted octanol–water partition coefficient (Wildman–Crippen LogP) is 2.07. The van der Waals surface area contributed by atoms with Crippen LogP contribution in [0.1, 0.15) is 23.6 Å². The summed E-state index contributed by atoms with van der Waals surface area (Å²) >= 11 is 2.32. The number of pyridine rings is 1. The second kappa shape index (κ2) is 6.73. The van der Waals surface area contributed by atoms with Gasteiger partial charge in [0, 0.05) is 11.4 Å². The summed E-state index contributed by atoms with van der Waals surface area (Å²) in [7, 11) is 0. The Balaban J connectivity index is 1.83. The number of fused-ring (bicyclic) bond motifs is 1. The molecule has 0 fully saturated rings. The number of nitrogens with zero attached hydrogens (tertiary/aromatic N) is 4. The van der Waals surface area contributed by atoms with Crippen LogP contribution in [0.25, 0.3) is 10.3 Å². The van der Waals surface area contributed by atoms with Gasteiger partial charge in [-0.2, -0.15) is 0 Å². The number of carboxylic acids is 1. The lowest BCUT2D eigenvalue weighted by atomic mass is 10.2. The molecule has 8 nitrogen and oxygen atoms in total. The minimum Gasteiger partial charge on any atom is -0.481 e. The van der Waals surface area contributed by atoms with Gasteiger partial charge in [-0.15, -0.1) is 10.2 Å². The van der Waals surface area contributed by atoms with Crippen molar-refractivity contribution >= 4 is 39.4 Å². The standard InChI is InChI=1S/C14H14N4O4S2/c1-7-5-8(2)15-12-11(7)24-14(21)18(12)6-9-16-17-13(22-9)23-4-3-10(19)20/h5H,3-4,6H2,1-2H3,(H,19,20). The van der Waals surface area contributed by atoms with E-state index >= 15 is 0 Å². The van der Waals surface area contributed by atoms with Crippen LogP contribution >= 0.6 is 23.1 Å². The van der Waals surface area contributed by atoms with E-state index in [1.54, 1.807) is 0 Å². The van der Waals surface area contributed by atoms with Crippen molar-refractivity contribution in [3.05, 3.63) is 32.9 Å². The number of aliphatic carboxylic acids is 1. The summed E-state index contributed by atoms with van der Waals surface area (Å²) in [6.07, 6.45) is 0.0134. The highest BCUT2D eigenvalue weighted by atomic mass is 32.2. The molecule has 0 saturated heterocycles. The zero-order valence-electron chi connectivity index (χ0n) is 13.0. The average Bonchev–Trinajstić information content (AvgIpc) is 3.06. The van der Waals surface area contributed by atoms with Crippen molar-refractivity contribution in [2.45, 2.75) is 32.0 Å². The van der Waals surface area contributed by atoms with E-state index in [2.05, 4.69) is 15.2 Å². The molecule has 0 aliphatic carbocycles. The molecular formula is C14H14N4O4S2. The molecule has 126 valence electrons. The largest absolute Gasteiger partial charge is 0.481 e. The smallest absolute Gasteiger partial charge is 0.309 e. The third-order valence-electron chi connectivity index (χ3n) is 3.22. The maximum Gasteiger partial charge on any atom is 0.309 e. The van der Waals surface area contributed by atoms with Crippen LogP contribution in [0.15, 0.2) is 20.5 Å². The molecule has 0 atom stereocenters. The van der Waals surface area contributed by atoms with Crippen molar-refractivity contribution in [3.63, 3.8) is 0 Å². The van der Waals surface area contributed by atoms with Gasteiger partial charge in [-0.25, -0.2) is 4.98 Å². The highest BCUT2D eigenvalue weighted by Gasteiger charge is 2.15. The number of aryl methyl sites for hydroxylation is 2. The first-order valence-corrected chi connectivity index (χ1v) is 8.89. The highest BCUT2D eigenvalue weighted by molar-refractivity contribution is 7.99. The minimum atomic E-state index is -0.879. The van der Waals surface area contributed by atoms with Gasteiger partial charge in [-0.05, 0) is 25.5 Å². The van der Waals surface area contributed by atoms with Gasteiger partial charge in [0.1, 0.15) is 6.54 Å². The van der Waals surface area contributed by atoms with Crippen molar-refractivity contribution < 1.29 is 14.3 Å². The van der Waals surface area contributed by atoms with E-state index < -0.39 is 5.97 Å². The second-order valence-corrected chi connectivity index (χ2v) is 7.15. The fraction of sp³-hybridized carbons (Fsp3) is 0.357. The summed E-state index contributed by atoms with van der Waals surface area (Å²) in [6, 6.07) is 1.94. The predicted molar refractivity (Wildman–Crippen MR) is 89.7 cm³/mol. The molecule has 3 aromatic heterocycles. The summed E-state index contributed by atoms with van der Waals surface area (Å²) in [5.74, 6) is -0.246. The van der Waals surface area contributed by atoms with E-state index in [-0.39, 0.29) is 23.7 Å². The Morgan fingerprint density at radius 2 is 2.21 bits per heavy atom. The summed E-state index contributed by atoms with van der Waals surface area (Å²) in [5, 5.41) is 16.7. The van der Waals surface area contributed by atoms with Crippen molar-refractivity contribution in [1.82, 2.24) is 19.7 Å². The molecule has 3 heterocycles. The molecule has 10 heteroatoms. The Morgan fingerprint density at radius 3 is 2.96 bits per heavy atom. The van der Waals surface area contributed by atoms with E-state index in [4.69, 9.17) is 9.52 Å². The number of hydrogen-bond acceptors (Lipinski definition) is 8. The molecule has 0 aliphatic heterocycles. The SMILES string of the molecule is Cc1cc(C)c2sc(=O)n(Cc3nnc(SCCC(=O)O)o3)c2n1. The van der Waals surface area contributed by atoms with Crippen molar-refractivity contribution in [2.24, 2.45) is 0 Å². The number of thioether (sulfide) groups is 1. The zero-order chi connectivity index (χ0) is 17.3. The Hall–Kier alpha value is -2.20. The molecule has 3 aromatic rings. The Kier molecular flexibility index (Phi) is 4.67. The number of carboxylic acid groups (broad SMARTS) is 1. The van der Waals surface area contributed by atoms with Crippen molar-refractivity contribution in [2.75, 3.05) is 5.75 Å². The van der Waals surface area contributed by atoms with Crippen LogP contribution in [0, 0.1) is 13.8 Å². The van der Waals surface area contributed by atoms with Crippen LogP contribution in [-0.2, 0) is 11.3 Å². The number of thiazole rings is 1. The number of carbonyl (C=O) groups is 1. The monoisotopic (exact) mass is 366 g/mol. The van der Waals surface area contributed by atoms with E-state index in [9.17, 15) is 9.59 Å². The maximum atomic E-state index is 12.2. The number of hydrogen-bond donors (Lipinski definition) is 1. The van der Waals surface area contributed by atoms with Crippen LogP contribution in [0.2, 0.25) is 0 Å². The minimum absolute atomic E-state index is 0.0134. The molecular weight excluding hydrogens is 352 g/mol. The average molecular weight is 366 g/mol. The van der Waals surface area contributed by atoms with Crippen LogP contribution in [-0.4, -0.2) is 36.6 Å². The molecule has 0 radical (unpaired) electrons. The van der Waals surface area contributed by atoms with Gasteiger partial charge in [-0.1, -0.05) is 23.1 Å². The van der Waals surface area contributed by atoms with Crippen molar-refractivity contribution in [1.29, 1.82) is 0 Å². The third-order valence-corrected chi connectivity index (χ3v) is 5.14.